The number of nitrogens with zero attached hydrogens (tertiary/aromatic N) is 3. The zero-order valence-electron chi connectivity index (χ0n) is 11.5. The van der Waals surface area contributed by atoms with Gasteiger partial charge in [-0.1, -0.05) is 23.5 Å². The molecule has 120 valence electrons. The number of anilines is 1. The molecular weight excluding hydrogens is 330 g/mol. The van der Waals surface area contributed by atoms with E-state index in [1.165, 1.54) is 4.57 Å². The van der Waals surface area contributed by atoms with Crippen molar-refractivity contribution in [2.45, 2.75) is 19.4 Å². The number of aryl methyl sites for hydroxylation is 1. The normalized spacial score (nSPS) is 11.3. The summed E-state index contributed by atoms with van der Waals surface area (Å²) in [6, 6.07) is 6.84. The van der Waals surface area contributed by atoms with Crippen LogP contribution in [0.25, 0.3) is 11.1 Å². The number of hydrogen-bond donors (Lipinski definition) is 1. The van der Waals surface area contributed by atoms with Crippen molar-refractivity contribution in [2.24, 2.45) is 0 Å². The molecule has 0 spiro atoms. The minimum atomic E-state index is -2.73. The van der Waals surface area contributed by atoms with Crippen LogP contribution < -0.4 is 11.1 Å². The molecule has 0 aliphatic heterocycles. The van der Waals surface area contributed by atoms with Gasteiger partial charge in [0.15, 0.2) is 10.6 Å². The molecular formula is C13H10F2N4O3S. The van der Waals surface area contributed by atoms with E-state index in [4.69, 9.17) is 4.42 Å². The van der Waals surface area contributed by atoms with Gasteiger partial charge in [0, 0.05) is 13.0 Å². The van der Waals surface area contributed by atoms with Crippen LogP contribution in [0.4, 0.5) is 13.9 Å². The summed E-state index contributed by atoms with van der Waals surface area (Å²) >= 11 is 0.607. The number of aromatic nitrogens is 3. The molecule has 0 aliphatic rings. The highest BCUT2D eigenvalue weighted by atomic mass is 32.1. The van der Waals surface area contributed by atoms with Gasteiger partial charge in [0.1, 0.15) is 0 Å². The summed E-state index contributed by atoms with van der Waals surface area (Å²) in [5.41, 5.74) is 1.02. The van der Waals surface area contributed by atoms with Gasteiger partial charge in [0.25, 0.3) is 6.43 Å². The average molecular weight is 340 g/mol. The third-order valence-corrected chi connectivity index (χ3v) is 3.86. The second kappa shape index (κ2) is 6.24. The summed E-state index contributed by atoms with van der Waals surface area (Å²) < 4.78 is 31.2. The molecule has 3 aromatic rings. The largest absolute Gasteiger partial charge is 0.419 e. The summed E-state index contributed by atoms with van der Waals surface area (Å²) in [6.07, 6.45) is -2.76. The fourth-order valence-electron chi connectivity index (χ4n) is 1.99. The lowest BCUT2D eigenvalue weighted by atomic mass is 10.3. The summed E-state index contributed by atoms with van der Waals surface area (Å²) in [5.74, 6) is -1.02. The topological polar surface area (TPSA) is 90.0 Å². The molecule has 2 heterocycles. The van der Waals surface area contributed by atoms with E-state index in [9.17, 15) is 18.4 Å². The van der Waals surface area contributed by atoms with Crippen molar-refractivity contribution in [2.75, 3.05) is 5.32 Å². The van der Waals surface area contributed by atoms with E-state index in [-0.39, 0.29) is 18.1 Å². The van der Waals surface area contributed by atoms with Crippen LogP contribution in [0.3, 0.4) is 0 Å². The Labute approximate surface area is 131 Å². The molecule has 10 heteroatoms. The number of rotatable bonds is 5. The Morgan fingerprint density at radius 3 is 2.87 bits per heavy atom. The number of carbonyl (C=O) groups is 1. The van der Waals surface area contributed by atoms with E-state index in [1.54, 1.807) is 24.3 Å². The number of amides is 1. The highest BCUT2D eigenvalue weighted by molar-refractivity contribution is 7.15. The van der Waals surface area contributed by atoms with Gasteiger partial charge in [-0.05, 0) is 12.1 Å². The zero-order valence-corrected chi connectivity index (χ0v) is 12.3. The maximum Gasteiger partial charge on any atom is 0.419 e. The minimum Gasteiger partial charge on any atom is -0.408 e. The van der Waals surface area contributed by atoms with Gasteiger partial charge in [0.05, 0.1) is 5.52 Å². The second-order valence-corrected chi connectivity index (χ2v) is 5.54. The van der Waals surface area contributed by atoms with Crippen LogP contribution in [0.2, 0.25) is 0 Å². The average Bonchev–Trinajstić information content (AvgIpc) is 3.09. The molecule has 0 bridgehead atoms. The van der Waals surface area contributed by atoms with E-state index in [1.807, 2.05) is 0 Å². The number of benzene rings is 1. The molecule has 1 amide bonds. The van der Waals surface area contributed by atoms with Gasteiger partial charge in [-0.3, -0.25) is 9.36 Å². The summed E-state index contributed by atoms with van der Waals surface area (Å²) in [4.78, 5) is 23.6. The molecule has 0 atom stereocenters. The van der Waals surface area contributed by atoms with Gasteiger partial charge in [-0.25, -0.2) is 13.6 Å². The molecule has 2 aromatic heterocycles. The quantitative estimate of drug-likeness (QED) is 0.770. The van der Waals surface area contributed by atoms with Crippen molar-refractivity contribution in [3.8, 4) is 0 Å². The van der Waals surface area contributed by atoms with Crippen LogP contribution in [-0.2, 0) is 11.3 Å². The van der Waals surface area contributed by atoms with Crippen molar-refractivity contribution in [1.29, 1.82) is 0 Å². The fraction of sp³-hybridized carbons (Fsp3) is 0.231. The molecule has 0 aliphatic carbocycles. The molecule has 1 N–H and O–H groups in total. The SMILES string of the molecule is O=C(CCn1c(=O)oc2ccccc21)Nc1nnc(C(F)F)s1. The van der Waals surface area contributed by atoms with E-state index >= 15 is 0 Å². The first kappa shape index (κ1) is 15.3. The first-order valence-corrected chi connectivity index (χ1v) is 7.36. The Bertz CT molecular complexity index is 902. The van der Waals surface area contributed by atoms with Gasteiger partial charge in [-0.15, -0.1) is 10.2 Å². The van der Waals surface area contributed by atoms with Gasteiger partial charge >= 0.3 is 5.76 Å². The first-order valence-electron chi connectivity index (χ1n) is 6.54. The molecule has 23 heavy (non-hydrogen) atoms. The Morgan fingerprint density at radius 2 is 2.13 bits per heavy atom. The van der Waals surface area contributed by atoms with Crippen LogP contribution in [0.5, 0.6) is 0 Å². The Kier molecular flexibility index (Phi) is 4.15. The van der Waals surface area contributed by atoms with Crippen LogP contribution in [0.1, 0.15) is 17.9 Å². The lowest BCUT2D eigenvalue weighted by molar-refractivity contribution is -0.116. The third kappa shape index (κ3) is 3.26. The Hall–Kier alpha value is -2.62. The van der Waals surface area contributed by atoms with Gasteiger partial charge in [0.2, 0.25) is 11.0 Å². The molecule has 0 saturated heterocycles. The number of fused-ring (bicyclic) bond motifs is 1. The van der Waals surface area contributed by atoms with Crippen molar-refractivity contribution < 1.29 is 18.0 Å². The number of hydrogen-bond acceptors (Lipinski definition) is 6. The van der Waals surface area contributed by atoms with Crippen LogP contribution >= 0.6 is 11.3 Å². The monoisotopic (exact) mass is 340 g/mol. The lowest BCUT2D eigenvalue weighted by Gasteiger charge is -2.02. The highest BCUT2D eigenvalue weighted by Crippen LogP contribution is 2.25. The van der Waals surface area contributed by atoms with Crippen molar-refractivity contribution >= 4 is 33.5 Å². The van der Waals surface area contributed by atoms with Gasteiger partial charge < -0.3 is 9.73 Å². The molecule has 0 unspecified atom stereocenters. The fourth-order valence-corrected chi connectivity index (χ4v) is 2.61. The summed E-state index contributed by atoms with van der Waals surface area (Å²) in [5, 5.41) is 8.63. The maximum atomic E-state index is 12.4. The molecule has 1 aromatic carbocycles. The number of alkyl halides is 2. The van der Waals surface area contributed by atoms with Crippen LogP contribution in [-0.4, -0.2) is 20.7 Å². The van der Waals surface area contributed by atoms with Gasteiger partial charge in [-0.2, -0.15) is 0 Å². The minimum absolute atomic E-state index is 0.00491. The van der Waals surface area contributed by atoms with E-state index < -0.39 is 23.1 Å². The van der Waals surface area contributed by atoms with Crippen LogP contribution in [0, 0.1) is 0 Å². The van der Waals surface area contributed by atoms with E-state index in [0.717, 1.165) is 0 Å². The zero-order chi connectivity index (χ0) is 16.4. The molecule has 0 radical (unpaired) electrons. The molecule has 0 saturated carbocycles. The van der Waals surface area contributed by atoms with E-state index in [2.05, 4.69) is 15.5 Å². The predicted molar refractivity (Wildman–Crippen MR) is 78.6 cm³/mol. The smallest absolute Gasteiger partial charge is 0.408 e. The lowest BCUT2D eigenvalue weighted by Crippen LogP contribution is -2.19. The number of nitrogens with one attached hydrogen (secondary N) is 1. The van der Waals surface area contributed by atoms with E-state index in [0.29, 0.717) is 22.4 Å². The predicted octanol–water partition coefficient (Wildman–Crippen LogP) is 2.41. The van der Waals surface area contributed by atoms with Crippen molar-refractivity contribution in [1.82, 2.24) is 14.8 Å². The molecule has 7 nitrogen and oxygen atoms in total. The first-order chi connectivity index (χ1) is 11.0. The third-order valence-electron chi connectivity index (χ3n) is 3.01. The Morgan fingerprint density at radius 1 is 1.35 bits per heavy atom. The number of oxazole rings is 1. The molecule has 3 rings (SSSR count). The summed E-state index contributed by atoms with van der Waals surface area (Å²) in [7, 11) is 0. The second-order valence-electron chi connectivity index (χ2n) is 4.53. The maximum absolute atomic E-state index is 12.4. The number of para-hydroxylation sites is 2. The molecule has 0 fully saturated rings. The number of halogens is 2. The standard InChI is InChI=1S/C13H10F2N4O3S/c14-10(15)11-17-18-12(23-11)16-9(20)5-6-19-7-3-1-2-4-8(7)22-13(19)21/h1-4,10H,5-6H2,(H,16,18,20). The number of carbonyl (C=O) groups excluding carboxylic acids is 1. The van der Waals surface area contributed by atoms with Crippen LogP contribution in [0.15, 0.2) is 33.5 Å². The van der Waals surface area contributed by atoms with Crippen molar-refractivity contribution in [3.63, 3.8) is 0 Å². The Balaban J connectivity index is 1.66. The summed E-state index contributed by atoms with van der Waals surface area (Å²) in [6.45, 7) is 0.0994. The van der Waals surface area contributed by atoms with Crippen molar-refractivity contribution in [3.05, 3.63) is 39.8 Å². The highest BCUT2D eigenvalue weighted by Gasteiger charge is 2.16.